The molecule has 0 unspecified atom stereocenters. The van der Waals surface area contributed by atoms with Gasteiger partial charge in [0.1, 0.15) is 0 Å². The van der Waals surface area contributed by atoms with Crippen molar-refractivity contribution in [3.05, 3.63) is 22.8 Å². The molecule has 1 aliphatic carbocycles. The number of nitrogens with one attached hydrogen (secondary N) is 2. The van der Waals surface area contributed by atoms with Crippen LogP contribution in [0.25, 0.3) is 0 Å². The number of carbonyl (C=O) groups is 1. The molecule has 2 N–H and O–H groups in total. The Morgan fingerprint density at radius 3 is 2.72 bits per heavy atom. The quantitative estimate of drug-likeness (QED) is 0.877. The van der Waals surface area contributed by atoms with E-state index >= 15 is 0 Å². The molecule has 1 aromatic heterocycles. The first kappa shape index (κ1) is 13.1. The van der Waals surface area contributed by atoms with E-state index in [1.54, 1.807) is 6.20 Å². The summed E-state index contributed by atoms with van der Waals surface area (Å²) in [6.07, 6.45) is 8.93. The minimum Gasteiger partial charge on any atom is -0.315 e. The van der Waals surface area contributed by atoms with Gasteiger partial charge in [0.2, 0.25) is 0 Å². The molecule has 5 heteroatoms. The fourth-order valence-electron chi connectivity index (χ4n) is 2.07. The van der Waals surface area contributed by atoms with E-state index in [2.05, 4.69) is 21.7 Å². The molecule has 0 spiro atoms. The van der Waals surface area contributed by atoms with E-state index < -0.39 is 0 Å². The van der Waals surface area contributed by atoms with Crippen LogP contribution in [0.2, 0.25) is 0 Å². The highest BCUT2D eigenvalue weighted by Crippen LogP contribution is 2.25. The smallest absolute Gasteiger partial charge is 0.315 e. The summed E-state index contributed by atoms with van der Waals surface area (Å²) in [5.74, 6) is 0.634. The lowest BCUT2D eigenvalue weighted by Gasteiger charge is -2.02. The predicted octanol–water partition coefficient (Wildman–Crippen LogP) is 3.59. The van der Waals surface area contributed by atoms with Crippen molar-refractivity contribution in [3.8, 4) is 0 Å². The van der Waals surface area contributed by atoms with Crippen LogP contribution < -0.4 is 10.6 Å². The second-order valence-corrected chi connectivity index (χ2v) is 5.87. The first-order chi connectivity index (χ1) is 8.65. The van der Waals surface area contributed by atoms with E-state index in [4.69, 9.17) is 0 Å². The summed E-state index contributed by atoms with van der Waals surface area (Å²) in [4.78, 5) is 17.0. The zero-order valence-corrected chi connectivity index (χ0v) is 11.6. The average Bonchev–Trinajstić information content (AvgIpc) is 2.90. The summed E-state index contributed by atoms with van der Waals surface area (Å²) in [5.41, 5.74) is 0.969. The SMILES string of the molecule is Cc1nc(NC(=O)N/C=C/C2CCCC2)sc1C. The number of aromatic nitrogens is 1. The highest BCUT2D eigenvalue weighted by atomic mass is 32.1. The minimum absolute atomic E-state index is 0.224. The van der Waals surface area contributed by atoms with E-state index in [1.807, 2.05) is 13.8 Å². The average molecular weight is 265 g/mol. The third-order valence-electron chi connectivity index (χ3n) is 3.23. The molecule has 1 aromatic rings. The molecule has 1 aliphatic rings. The van der Waals surface area contributed by atoms with Crippen molar-refractivity contribution in [1.82, 2.24) is 10.3 Å². The number of carbonyl (C=O) groups excluding carboxylic acids is 1. The number of anilines is 1. The molecule has 0 aliphatic heterocycles. The number of allylic oxidation sites excluding steroid dienone is 1. The van der Waals surface area contributed by atoms with Gasteiger partial charge >= 0.3 is 6.03 Å². The summed E-state index contributed by atoms with van der Waals surface area (Å²) in [7, 11) is 0. The van der Waals surface area contributed by atoms with Crippen LogP contribution in [0, 0.1) is 19.8 Å². The molecule has 2 amide bonds. The van der Waals surface area contributed by atoms with Gasteiger partial charge in [0, 0.05) is 11.1 Å². The predicted molar refractivity (Wildman–Crippen MR) is 74.8 cm³/mol. The minimum atomic E-state index is -0.224. The highest BCUT2D eigenvalue weighted by molar-refractivity contribution is 7.15. The van der Waals surface area contributed by atoms with Gasteiger partial charge in [0.05, 0.1) is 5.69 Å². The molecule has 0 bridgehead atoms. The number of thiazole rings is 1. The maximum atomic E-state index is 11.6. The maximum absolute atomic E-state index is 11.6. The Morgan fingerprint density at radius 2 is 2.11 bits per heavy atom. The summed E-state index contributed by atoms with van der Waals surface area (Å²) in [6.45, 7) is 3.94. The van der Waals surface area contributed by atoms with Crippen LogP contribution in [-0.4, -0.2) is 11.0 Å². The van der Waals surface area contributed by atoms with Crippen molar-refractivity contribution in [3.63, 3.8) is 0 Å². The highest BCUT2D eigenvalue weighted by Gasteiger charge is 2.11. The van der Waals surface area contributed by atoms with E-state index in [0.29, 0.717) is 11.0 Å². The van der Waals surface area contributed by atoms with Crippen LogP contribution in [0.5, 0.6) is 0 Å². The third kappa shape index (κ3) is 3.57. The zero-order valence-electron chi connectivity index (χ0n) is 10.8. The van der Waals surface area contributed by atoms with Crippen molar-refractivity contribution in [2.45, 2.75) is 39.5 Å². The second kappa shape index (κ2) is 6.00. The number of rotatable bonds is 3. The van der Waals surface area contributed by atoms with Crippen LogP contribution >= 0.6 is 11.3 Å². The molecule has 1 fully saturated rings. The van der Waals surface area contributed by atoms with Crippen LogP contribution in [0.3, 0.4) is 0 Å². The van der Waals surface area contributed by atoms with Gasteiger partial charge in [-0.2, -0.15) is 0 Å². The lowest BCUT2D eigenvalue weighted by atomic mass is 10.1. The van der Waals surface area contributed by atoms with Crippen molar-refractivity contribution in [2.24, 2.45) is 5.92 Å². The molecular weight excluding hydrogens is 246 g/mol. The number of hydrogen-bond acceptors (Lipinski definition) is 3. The largest absolute Gasteiger partial charge is 0.324 e. The van der Waals surface area contributed by atoms with Crippen molar-refractivity contribution in [2.75, 3.05) is 5.32 Å². The first-order valence-corrected chi connectivity index (χ1v) is 7.15. The molecule has 2 rings (SSSR count). The number of hydrogen-bond donors (Lipinski definition) is 2. The molecule has 4 nitrogen and oxygen atoms in total. The van der Waals surface area contributed by atoms with Crippen LogP contribution in [0.1, 0.15) is 36.3 Å². The Kier molecular flexibility index (Phi) is 4.36. The Morgan fingerprint density at radius 1 is 1.39 bits per heavy atom. The van der Waals surface area contributed by atoms with E-state index in [9.17, 15) is 4.79 Å². The molecule has 0 saturated heterocycles. The Bertz CT molecular complexity index is 428. The van der Waals surface area contributed by atoms with Gasteiger partial charge in [-0.25, -0.2) is 9.78 Å². The van der Waals surface area contributed by atoms with Gasteiger partial charge in [-0.05, 0) is 32.6 Å². The molecule has 98 valence electrons. The number of urea groups is 1. The van der Waals surface area contributed by atoms with Crippen molar-refractivity contribution >= 4 is 22.5 Å². The fourth-order valence-corrected chi connectivity index (χ4v) is 2.88. The number of aryl methyl sites for hydroxylation is 2. The number of amides is 2. The Labute approximate surface area is 112 Å². The van der Waals surface area contributed by atoms with Gasteiger partial charge in [0.25, 0.3) is 0 Å². The summed E-state index contributed by atoms with van der Waals surface area (Å²) in [5, 5.41) is 6.11. The van der Waals surface area contributed by atoms with Gasteiger partial charge < -0.3 is 5.32 Å². The molecule has 18 heavy (non-hydrogen) atoms. The van der Waals surface area contributed by atoms with Gasteiger partial charge in [-0.1, -0.05) is 18.9 Å². The van der Waals surface area contributed by atoms with Gasteiger partial charge in [-0.3, -0.25) is 5.32 Å². The Balaban J connectivity index is 1.78. The summed E-state index contributed by atoms with van der Waals surface area (Å²) in [6, 6.07) is -0.224. The molecule has 1 heterocycles. The second-order valence-electron chi connectivity index (χ2n) is 4.66. The fraction of sp³-hybridized carbons (Fsp3) is 0.538. The molecule has 0 radical (unpaired) electrons. The molecule has 0 aromatic carbocycles. The van der Waals surface area contributed by atoms with Crippen LogP contribution in [-0.2, 0) is 0 Å². The van der Waals surface area contributed by atoms with Crippen LogP contribution in [0.15, 0.2) is 12.3 Å². The van der Waals surface area contributed by atoms with E-state index in [0.717, 1.165) is 10.6 Å². The summed E-state index contributed by atoms with van der Waals surface area (Å²) < 4.78 is 0. The topological polar surface area (TPSA) is 54.0 Å². The maximum Gasteiger partial charge on any atom is 0.324 e. The third-order valence-corrected chi connectivity index (χ3v) is 4.22. The zero-order chi connectivity index (χ0) is 13.0. The van der Waals surface area contributed by atoms with Crippen LogP contribution in [0.4, 0.5) is 9.93 Å². The normalized spacial score (nSPS) is 16.3. The molecular formula is C13H19N3OS. The lowest BCUT2D eigenvalue weighted by molar-refractivity contribution is 0.255. The lowest BCUT2D eigenvalue weighted by Crippen LogP contribution is -2.23. The summed E-state index contributed by atoms with van der Waals surface area (Å²) >= 11 is 1.49. The Hall–Kier alpha value is -1.36. The van der Waals surface area contributed by atoms with E-state index in [-0.39, 0.29) is 6.03 Å². The standard InChI is InChI=1S/C13H19N3OS/c1-9-10(2)18-13(15-9)16-12(17)14-8-7-11-5-3-4-6-11/h7-8,11H,3-6H2,1-2H3,(H2,14,15,16,17)/b8-7+. The monoisotopic (exact) mass is 265 g/mol. The van der Waals surface area contributed by atoms with Gasteiger partial charge in [0.15, 0.2) is 5.13 Å². The van der Waals surface area contributed by atoms with E-state index in [1.165, 1.54) is 37.0 Å². The number of nitrogens with zero attached hydrogens (tertiary/aromatic N) is 1. The first-order valence-electron chi connectivity index (χ1n) is 6.33. The molecule has 0 atom stereocenters. The van der Waals surface area contributed by atoms with Crippen molar-refractivity contribution in [1.29, 1.82) is 0 Å². The van der Waals surface area contributed by atoms with Gasteiger partial charge in [-0.15, -0.1) is 11.3 Å². The molecule has 1 saturated carbocycles. The van der Waals surface area contributed by atoms with Crippen molar-refractivity contribution < 1.29 is 4.79 Å².